The van der Waals surface area contributed by atoms with Crippen LogP contribution in [-0.4, -0.2) is 14.6 Å². The second-order valence-corrected chi connectivity index (χ2v) is 2.76. The molecule has 3 rings (SSSR count). The standard InChI is InChI=1S/C9H7N3/c1-2-4-8-7(3-1)11-9-5-6-10-12(8)9/h1-6,10H. The van der Waals surface area contributed by atoms with Gasteiger partial charge < -0.3 is 0 Å². The molecule has 0 aliphatic carbocycles. The second-order valence-electron chi connectivity index (χ2n) is 2.76. The molecule has 2 heterocycles. The molecular formula is C9H7N3. The number of hydrogen-bond acceptors (Lipinski definition) is 1. The Labute approximate surface area is 68.6 Å². The number of aromatic amines is 1. The number of imidazole rings is 1. The Morgan fingerprint density at radius 3 is 3.08 bits per heavy atom. The Morgan fingerprint density at radius 1 is 1.17 bits per heavy atom. The molecule has 1 aromatic carbocycles. The lowest BCUT2D eigenvalue weighted by atomic mass is 10.3. The molecule has 58 valence electrons. The van der Waals surface area contributed by atoms with E-state index in [1.165, 1.54) is 0 Å². The molecule has 0 spiro atoms. The van der Waals surface area contributed by atoms with E-state index in [2.05, 4.69) is 10.1 Å². The van der Waals surface area contributed by atoms with Crippen molar-refractivity contribution in [3.8, 4) is 0 Å². The average Bonchev–Trinajstić information content (AvgIpc) is 2.62. The van der Waals surface area contributed by atoms with Crippen molar-refractivity contribution in [3.05, 3.63) is 36.5 Å². The van der Waals surface area contributed by atoms with Crippen LogP contribution in [0.25, 0.3) is 16.7 Å². The van der Waals surface area contributed by atoms with Gasteiger partial charge in [-0.15, -0.1) is 0 Å². The van der Waals surface area contributed by atoms with Crippen LogP contribution in [0.4, 0.5) is 0 Å². The van der Waals surface area contributed by atoms with Crippen LogP contribution in [0, 0.1) is 0 Å². The maximum Gasteiger partial charge on any atom is 0.154 e. The first-order valence-electron chi connectivity index (χ1n) is 3.86. The van der Waals surface area contributed by atoms with Gasteiger partial charge in [-0.05, 0) is 12.1 Å². The van der Waals surface area contributed by atoms with E-state index in [9.17, 15) is 0 Å². The summed E-state index contributed by atoms with van der Waals surface area (Å²) in [5, 5.41) is 3.10. The first-order chi connectivity index (χ1) is 5.95. The van der Waals surface area contributed by atoms with E-state index in [-0.39, 0.29) is 0 Å². The minimum Gasteiger partial charge on any atom is -0.299 e. The quantitative estimate of drug-likeness (QED) is 0.530. The summed E-state index contributed by atoms with van der Waals surface area (Å²) >= 11 is 0. The van der Waals surface area contributed by atoms with Gasteiger partial charge in [-0.25, -0.2) is 9.50 Å². The van der Waals surface area contributed by atoms with Crippen molar-refractivity contribution < 1.29 is 0 Å². The molecule has 3 heteroatoms. The van der Waals surface area contributed by atoms with E-state index in [1.807, 2.05) is 41.0 Å². The van der Waals surface area contributed by atoms with Crippen LogP contribution in [0.15, 0.2) is 36.5 Å². The topological polar surface area (TPSA) is 33.1 Å². The summed E-state index contributed by atoms with van der Waals surface area (Å²) in [5.74, 6) is 0. The minimum atomic E-state index is 0.969. The minimum absolute atomic E-state index is 0.969. The van der Waals surface area contributed by atoms with Crippen molar-refractivity contribution in [1.29, 1.82) is 0 Å². The SMILES string of the molecule is c1ccc2c(c1)nc1cc[nH]n12. The Bertz CT molecular complexity index is 532. The van der Waals surface area contributed by atoms with Gasteiger partial charge in [-0.3, -0.25) is 5.10 Å². The van der Waals surface area contributed by atoms with E-state index >= 15 is 0 Å². The van der Waals surface area contributed by atoms with Crippen LogP contribution < -0.4 is 0 Å². The highest BCUT2D eigenvalue weighted by atomic mass is 15.3. The number of nitrogens with one attached hydrogen (secondary N) is 1. The molecule has 0 fully saturated rings. The first kappa shape index (κ1) is 5.83. The first-order valence-corrected chi connectivity index (χ1v) is 3.86. The normalized spacial score (nSPS) is 11.3. The van der Waals surface area contributed by atoms with E-state index in [4.69, 9.17) is 0 Å². The molecule has 0 radical (unpaired) electrons. The smallest absolute Gasteiger partial charge is 0.154 e. The third-order valence-electron chi connectivity index (χ3n) is 2.02. The highest BCUT2D eigenvalue weighted by molar-refractivity contribution is 5.79. The lowest BCUT2D eigenvalue weighted by Gasteiger charge is -1.87. The summed E-state index contributed by atoms with van der Waals surface area (Å²) < 4.78 is 1.97. The number of H-pyrrole nitrogens is 1. The summed E-state index contributed by atoms with van der Waals surface area (Å²) in [5.41, 5.74) is 3.12. The van der Waals surface area contributed by atoms with Crippen LogP contribution in [-0.2, 0) is 0 Å². The number of hydrogen-bond donors (Lipinski definition) is 1. The van der Waals surface area contributed by atoms with Crippen molar-refractivity contribution in [2.24, 2.45) is 0 Å². The lowest BCUT2D eigenvalue weighted by molar-refractivity contribution is 1.01. The molecule has 0 amide bonds. The van der Waals surface area contributed by atoms with E-state index in [0.717, 1.165) is 16.7 Å². The highest BCUT2D eigenvalue weighted by Gasteiger charge is 2.01. The van der Waals surface area contributed by atoms with Crippen molar-refractivity contribution in [2.75, 3.05) is 0 Å². The van der Waals surface area contributed by atoms with Gasteiger partial charge in [-0.2, -0.15) is 0 Å². The van der Waals surface area contributed by atoms with Crippen LogP contribution in [0.3, 0.4) is 0 Å². The third-order valence-corrected chi connectivity index (χ3v) is 2.02. The lowest BCUT2D eigenvalue weighted by Crippen LogP contribution is -1.80. The Balaban J connectivity index is 2.68. The van der Waals surface area contributed by atoms with Crippen LogP contribution >= 0.6 is 0 Å². The fraction of sp³-hybridized carbons (Fsp3) is 0. The Hall–Kier alpha value is -1.77. The van der Waals surface area contributed by atoms with Gasteiger partial charge in [0.25, 0.3) is 0 Å². The summed E-state index contributed by atoms with van der Waals surface area (Å²) in [6, 6.07) is 10.0. The number of para-hydroxylation sites is 2. The Morgan fingerprint density at radius 2 is 2.08 bits per heavy atom. The van der Waals surface area contributed by atoms with Crippen molar-refractivity contribution in [2.45, 2.75) is 0 Å². The fourth-order valence-corrected chi connectivity index (χ4v) is 1.48. The van der Waals surface area contributed by atoms with Gasteiger partial charge in [0.2, 0.25) is 0 Å². The van der Waals surface area contributed by atoms with Gasteiger partial charge in [0.1, 0.15) is 0 Å². The van der Waals surface area contributed by atoms with E-state index in [1.54, 1.807) is 0 Å². The molecule has 0 bridgehead atoms. The van der Waals surface area contributed by atoms with Crippen LogP contribution in [0.5, 0.6) is 0 Å². The molecule has 0 aliphatic rings. The summed E-state index contributed by atoms with van der Waals surface area (Å²) in [6.45, 7) is 0. The van der Waals surface area contributed by atoms with Crippen molar-refractivity contribution in [1.82, 2.24) is 14.6 Å². The fourth-order valence-electron chi connectivity index (χ4n) is 1.48. The molecular weight excluding hydrogens is 150 g/mol. The predicted molar refractivity (Wildman–Crippen MR) is 47.0 cm³/mol. The van der Waals surface area contributed by atoms with Crippen molar-refractivity contribution in [3.63, 3.8) is 0 Å². The summed E-state index contributed by atoms with van der Waals surface area (Å²) in [4.78, 5) is 4.41. The molecule has 0 saturated heterocycles. The molecule has 0 saturated carbocycles. The maximum absolute atomic E-state index is 4.41. The zero-order valence-corrected chi connectivity index (χ0v) is 6.36. The summed E-state index contributed by atoms with van der Waals surface area (Å²) in [7, 11) is 0. The molecule has 3 nitrogen and oxygen atoms in total. The van der Waals surface area contributed by atoms with Gasteiger partial charge in [-0.1, -0.05) is 12.1 Å². The Kier molecular flexibility index (Phi) is 0.913. The van der Waals surface area contributed by atoms with Gasteiger partial charge in [0.05, 0.1) is 11.0 Å². The largest absolute Gasteiger partial charge is 0.299 e. The predicted octanol–water partition coefficient (Wildman–Crippen LogP) is 1.82. The molecule has 0 unspecified atom stereocenters. The second kappa shape index (κ2) is 1.88. The molecule has 3 aromatic rings. The third kappa shape index (κ3) is 0.580. The van der Waals surface area contributed by atoms with Crippen molar-refractivity contribution >= 4 is 16.7 Å². The van der Waals surface area contributed by atoms with Gasteiger partial charge in [0.15, 0.2) is 5.65 Å². The number of rotatable bonds is 0. The maximum atomic E-state index is 4.41. The molecule has 2 aromatic heterocycles. The molecule has 0 atom stereocenters. The highest BCUT2D eigenvalue weighted by Crippen LogP contribution is 2.14. The van der Waals surface area contributed by atoms with Crippen LogP contribution in [0.1, 0.15) is 0 Å². The average molecular weight is 157 g/mol. The van der Waals surface area contributed by atoms with Crippen LogP contribution in [0.2, 0.25) is 0 Å². The number of benzene rings is 1. The van der Waals surface area contributed by atoms with E-state index in [0.29, 0.717) is 0 Å². The monoisotopic (exact) mass is 157 g/mol. The molecule has 0 aliphatic heterocycles. The number of aromatic nitrogens is 3. The van der Waals surface area contributed by atoms with Gasteiger partial charge in [0, 0.05) is 12.3 Å². The number of nitrogens with zero attached hydrogens (tertiary/aromatic N) is 2. The van der Waals surface area contributed by atoms with Gasteiger partial charge >= 0.3 is 0 Å². The zero-order valence-electron chi connectivity index (χ0n) is 6.36. The van der Waals surface area contributed by atoms with E-state index < -0.39 is 0 Å². The zero-order chi connectivity index (χ0) is 7.97. The number of fused-ring (bicyclic) bond motifs is 3. The molecule has 1 N–H and O–H groups in total. The molecule has 12 heavy (non-hydrogen) atoms. The summed E-state index contributed by atoms with van der Waals surface area (Å²) in [6.07, 6.45) is 1.88.